The van der Waals surface area contributed by atoms with Crippen LogP contribution in [0.1, 0.15) is 10.4 Å². The average Bonchev–Trinajstić information content (AvgIpc) is 2.79. The first kappa shape index (κ1) is 23.7. The van der Waals surface area contributed by atoms with Crippen LogP contribution in [0.5, 0.6) is 5.75 Å². The van der Waals surface area contributed by atoms with Crippen LogP contribution >= 0.6 is 0 Å². The second kappa shape index (κ2) is 9.08. The molecule has 0 spiro atoms. The van der Waals surface area contributed by atoms with Gasteiger partial charge in [0.2, 0.25) is 15.6 Å². The number of carbonyl (C=O) groups excluding carboxylic acids is 1. The summed E-state index contributed by atoms with van der Waals surface area (Å²) in [6.07, 6.45) is -4.99. The normalized spacial score (nSPS) is 15.3. The van der Waals surface area contributed by atoms with Crippen molar-refractivity contribution in [3.63, 3.8) is 0 Å². The highest BCUT2D eigenvalue weighted by molar-refractivity contribution is 7.89. The van der Waals surface area contributed by atoms with Crippen LogP contribution < -0.4 is 15.6 Å². The molecule has 2 N–H and O–H groups in total. The standard InChI is InChI=1S/C21H18F3N3O6S/c22-21(23,24)33-18-4-2-1-3-17(18)26-20(29)15-12-19(28)25-16-6-5-13(11-14(15)16)34(30,31)27-7-9-32-10-8-27/h1-6,11-12H,7-10H2,(H,25,28)(H,26,29). The number of carbonyl (C=O) groups is 1. The molecular formula is C21H18F3N3O6S. The number of sulfonamides is 1. The van der Waals surface area contributed by atoms with E-state index in [-0.39, 0.29) is 53.4 Å². The van der Waals surface area contributed by atoms with E-state index in [1.165, 1.54) is 40.7 Å². The lowest BCUT2D eigenvalue weighted by Gasteiger charge is -2.26. The highest BCUT2D eigenvalue weighted by Gasteiger charge is 2.32. The molecule has 0 unspecified atom stereocenters. The zero-order chi connectivity index (χ0) is 24.5. The van der Waals surface area contributed by atoms with Crippen LogP contribution in [-0.4, -0.2) is 56.3 Å². The van der Waals surface area contributed by atoms with E-state index in [1.807, 2.05) is 0 Å². The Hall–Kier alpha value is -3.42. The van der Waals surface area contributed by atoms with E-state index >= 15 is 0 Å². The maximum Gasteiger partial charge on any atom is 0.573 e. The lowest BCUT2D eigenvalue weighted by molar-refractivity contribution is -0.274. The summed E-state index contributed by atoms with van der Waals surface area (Å²) in [5.41, 5.74) is -0.977. The monoisotopic (exact) mass is 497 g/mol. The molecule has 0 saturated carbocycles. The number of nitrogens with one attached hydrogen (secondary N) is 2. The predicted molar refractivity (Wildman–Crippen MR) is 115 cm³/mol. The van der Waals surface area contributed by atoms with Gasteiger partial charge in [-0.25, -0.2) is 8.42 Å². The Kier molecular flexibility index (Phi) is 6.34. The number of pyridine rings is 1. The number of hydrogen-bond donors (Lipinski definition) is 2. The van der Waals surface area contributed by atoms with Crippen molar-refractivity contribution in [2.75, 3.05) is 31.6 Å². The summed E-state index contributed by atoms with van der Waals surface area (Å²) in [5.74, 6) is -1.57. The van der Waals surface area contributed by atoms with Gasteiger partial charge in [-0.2, -0.15) is 4.31 Å². The second-order valence-electron chi connectivity index (χ2n) is 7.27. The molecule has 0 aliphatic carbocycles. The molecule has 2 aromatic carbocycles. The molecule has 2 heterocycles. The fourth-order valence-corrected chi connectivity index (χ4v) is 4.93. The maximum absolute atomic E-state index is 13.0. The van der Waals surface area contributed by atoms with Gasteiger partial charge in [0, 0.05) is 30.1 Å². The Labute approximate surface area is 191 Å². The number of halogens is 3. The van der Waals surface area contributed by atoms with Crippen molar-refractivity contribution in [3.8, 4) is 5.75 Å². The van der Waals surface area contributed by atoms with Crippen molar-refractivity contribution in [1.82, 2.24) is 9.29 Å². The molecule has 0 atom stereocenters. The Morgan fingerprint density at radius 3 is 2.50 bits per heavy atom. The number of nitrogens with zero attached hydrogens (tertiary/aromatic N) is 1. The first-order chi connectivity index (χ1) is 16.0. The van der Waals surface area contributed by atoms with Gasteiger partial charge in [0.1, 0.15) is 0 Å². The first-order valence-electron chi connectivity index (χ1n) is 9.96. The van der Waals surface area contributed by atoms with Crippen molar-refractivity contribution < 1.29 is 35.9 Å². The van der Waals surface area contributed by atoms with Crippen molar-refractivity contribution >= 4 is 32.5 Å². The van der Waals surface area contributed by atoms with Crippen LogP contribution in [-0.2, 0) is 14.8 Å². The summed E-state index contributed by atoms with van der Waals surface area (Å²) in [6, 6.07) is 9.73. The van der Waals surface area contributed by atoms with Crippen LogP contribution in [0, 0.1) is 0 Å². The van der Waals surface area contributed by atoms with Gasteiger partial charge >= 0.3 is 6.36 Å². The van der Waals surface area contributed by atoms with Gasteiger partial charge in [0.25, 0.3) is 5.91 Å². The van der Waals surface area contributed by atoms with Crippen LogP contribution in [0.4, 0.5) is 18.9 Å². The third kappa shape index (κ3) is 5.05. The van der Waals surface area contributed by atoms with Crippen LogP contribution in [0.3, 0.4) is 0 Å². The number of fused-ring (bicyclic) bond motifs is 1. The van der Waals surface area contributed by atoms with Gasteiger partial charge in [-0.05, 0) is 30.3 Å². The molecule has 13 heteroatoms. The van der Waals surface area contributed by atoms with E-state index in [9.17, 15) is 31.2 Å². The van der Waals surface area contributed by atoms with Gasteiger partial charge in [-0.1, -0.05) is 12.1 Å². The van der Waals surface area contributed by atoms with E-state index in [4.69, 9.17) is 4.74 Å². The molecule has 1 fully saturated rings. The molecule has 180 valence electrons. The van der Waals surface area contributed by atoms with Gasteiger partial charge in [0.15, 0.2) is 5.75 Å². The molecule has 1 aliphatic rings. The van der Waals surface area contributed by atoms with Gasteiger partial charge in [-0.3, -0.25) is 9.59 Å². The Morgan fingerprint density at radius 1 is 1.09 bits per heavy atom. The highest BCUT2D eigenvalue weighted by Crippen LogP contribution is 2.31. The summed E-state index contributed by atoms with van der Waals surface area (Å²) < 4.78 is 74.5. The van der Waals surface area contributed by atoms with Gasteiger partial charge < -0.3 is 19.8 Å². The molecule has 3 aromatic rings. The molecule has 34 heavy (non-hydrogen) atoms. The fourth-order valence-electron chi connectivity index (χ4n) is 3.49. The molecule has 1 saturated heterocycles. The summed E-state index contributed by atoms with van der Waals surface area (Å²) in [5, 5.41) is 2.40. The highest BCUT2D eigenvalue weighted by atomic mass is 32.2. The van der Waals surface area contributed by atoms with Crippen molar-refractivity contribution in [2.45, 2.75) is 11.3 Å². The molecule has 0 bridgehead atoms. The molecule has 1 amide bonds. The van der Waals surface area contributed by atoms with E-state index in [1.54, 1.807) is 0 Å². The number of aromatic amines is 1. The van der Waals surface area contributed by atoms with E-state index in [0.717, 1.165) is 12.1 Å². The SMILES string of the molecule is O=C(Nc1ccccc1OC(F)(F)F)c1cc(=O)[nH]c2ccc(S(=O)(=O)N3CCOCC3)cc12. The van der Waals surface area contributed by atoms with E-state index in [2.05, 4.69) is 15.0 Å². The van der Waals surface area contributed by atoms with Gasteiger partial charge in [-0.15, -0.1) is 13.2 Å². The van der Waals surface area contributed by atoms with Crippen LogP contribution in [0.2, 0.25) is 0 Å². The minimum absolute atomic E-state index is 0.0978. The molecule has 4 rings (SSSR count). The number of H-pyrrole nitrogens is 1. The number of rotatable bonds is 5. The topological polar surface area (TPSA) is 118 Å². The average molecular weight is 497 g/mol. The van der Waals surface area contributed by atoms with Crippen LogP contribution in [0.25, 0.3) is 10.9 Å². The quantitative estimate of drug-likeness (QED) is 0.560. The molecular weight excluding hydrogens is 479 g/mol. The third-order valence-electron chi connectivity index (χ3n) is 5.03. The van der Waals surface area contributed by atoms with Crippen molar-refractivity contribution in [3.05, 3.63) is 64.4 Å². The largest absolute Gasteiger partial charge is 0.573 e. The molecule has 1 aromatic heterocycles. The lowest BCUT2D eigenvalue weighted by atomic mass is 10.1. The zero-order valence-corrected chi connectivity index (χ0v) is 18.2. The first-order valence-corrected chi connectivity index (χ1v) is 11.4. The maximum atomic E-state index is 13.0. The number of aromatic nitrogens is 1. The number of anilines is 1. The van der Waals surface area contributed by atoms with E-state index in [0.29, 0.717) is 0 Å². The zero-order valence-electron chi connectivity index (χ0n) is 17.4. The summed E-state index contributed by atoms with van der Waals surface area (Å²) >= 11 is 0. The number of para-hydroxylation sites is 2. The molecule has 1 aliphatic heterocycles. The van der Waals surface area contributed by atoms with Crippen molar-refractivity contribution in [1.29, 1.82) is 0 Å². The predicted octanol–water partition coefficient (Wildman–Crippen LogP) is 2.70. The smallest absolute Gasteiger partial charge is 0.404 e. The third-order valence-corrected chi connectivity index (χ3v) is 6.92. The number of morpholine rings is 1. The van der Waals surface area contributed by atoms with Crippen molar-refractivity contribution in [2.24, 2.45) is 0 Å². The molecule has 0 radical (unpaired) electrons. The van der Waals surface area contributed by atoms with Gasteiger partial charge in [0.05, 0.1) is 29.4 Å². The summed E-state index contributed by atoms with van der Waals surface area (Å²) in [7, 11) is -3.91. The van der Waals surface area contributed by atoms with Crippen LogP contribution in [0.15, 0.2) is 58.2 Å². The Balaban J connectivity index is 1.74. The Bertz CT molecular complexity index is 1400. The van der Waals surface area contributed by atoms with E-state index < -0.39 is 33.6 Å². The second-order valence-corrected chi connectivity index (χ2v) is 9.21. The summed E-state index contributed by atoms with van der Waals surface area (Å²) in [4.78, 5) is 27.5. The number of hydrogen-bond acceptors (Lipinski definition) is 6. The number of amides is 1. The molecule has 9 nitrogen and oxygen atoms in total. The Morgan fingerprint density at radius 2 is 1.79 bits per heavy atom. The number of ether oxygens (including phenoxy) is 2. The fraction of sp³-hybridized carbons (Fsp3) is 0.238. The minimum Gasteiger partial charge on any atom is -0.404 e. The number of benzene rings is 2. The lowest BCUT2D eigenvalue weighted by Crippen LogP contribution is -2.40. The minimum atomic E-state index is -4.99. The number of alkyl halides is 3. The summed E-state index contributed by atoms with van der Waals surface area (Å²) in [6.45, 7) is 0.811.